The molecule has 0 amide bonds. The van der Waals surface area contributed by atoms with Gasteiger partial charge in [-0.15, -0.1) is 0 Å². The monoisotopic (exact) mass is 186 g/mol. The Morgan fingerprint density at radius 1 is 1.50 bits per heavy atom. The molecule has 1 rings (SSSR count). The van der Waals surface area contributed by atoms with Crippen molar-refractivity contribution in [2.24, 2.45) is 0 Å². The third-order valence-electron chi connectivity index (χ3n) is 1.32. The molecule has 66 valence electrons. The van der Waals surface area contributed by atoms with E-state index in [1.165, 1.54) is 0 Å². The third kappa shape index (κ3) is 3.56. The molecule has 0 aliphatic carbocycles. The first-order valence-electron chi connectivity index (χ1n) is 3.40. The Labute approximate surface area is 73.1 Å². The van der Waals surface area contributed by atoms with Gasteiger partial charge in [0.05, 0.1) is 18.0 Å². The van der Waals surface area contributed by atoms with E-state index in [0.717, 1.165) is 5.56 Å². The van der Waals surface area contributed by atoms with Crippen molar-refractivity contribution in [2.75, 3.05) is 6.61 Å². The minimum atomic E-state index is -2.40. The molecule has 4 nitrogen and oxygen atoms in total. The van der Waals surface area contributed by atoms with E-state index < -0.39 is 11.4 Å². The van der Waals surface area contributed by atoms with Gasteiger partial charge in [0, 0.05) is 12.4 Å². The Morgan fingerprint density at radius 2 is 2.17 bits per heavy atom. The van der Waals surface area contributed by atoms with Crippen LogP contribution < -0.4 is 0 Å². The molecule has 0 aliphatic heterocycles. The van der Waals surface area contributed by atoms with E-state index in [9.17, 15) is 8.76 Å². The van der Waals surface area contributed by atoms with Crippen LogP contribution in [0.3, 0.4) is 0 Å². The molecule has 1 unspecified atom stereocenters. The van der Waals surface area contributed by atoms with Crippen LogP contribution in [-0.2, 0) is 22.0 Å². The number of hydrogen-bond donors (Lipinski definition) is 0. The number of aromatic nitrogens is 1. The molecule has 0 N–H and O–H groups in total. The molecule has 0 spiro atoms. The van der Waals surface area contributed by atoms with Crippen LogP contribution in [-0.4, -0.2) is 20.4 Å². The van der Waals surface area contributed by atoms with Gasteiger partial charge in [-0.05, 0) is 24.1 Å². The smallest absolute Gasteiger partial charge is 0.0842 e. The lowest BCUT2D eigenvalue weighted by Crippen LogP contribution is -2.00. The molecule has 0 fully saturated rings. The summed E-state index contributed by atoms with van der Waals surface area (Å²) in [5, 5.41) is 0. The van der Waals surface area contributed by atoms with Crippen LogP contribution in [0.5, 0.6) is 0 Å². The lowest BCUT2D eigenvalue weighted by molar-refractivity contribution is 0.304. The zero-order valence-corrected chi connectivity index (χ0v) is 7.12. The predicted octanol–water partition coefficient (Wildman–Crippen LogP) is 0.435. The fraction of sp³-hybridized carbons (Fsp3) is 0.286. The minimum absolute atomic E-state index is 0.181. The average Bonchev–Trinajstić information content (AvgIpc) is 2.05. The molecule has 5 heteroatoms. The van der Waals surface area contributed by atoms with E-state index in [-0.39, 0.29) is 6.61 Å². The van der Waals surface area contributed by atoms with Gasteiger partial charge in [0.25, 0.3) is 0 Å². The highest BCUT2D eigenvalue weighted by Crippen LogP contribution is 1.97. The van der Waals surface area contributed by atoms with Crippen LogP contribution >= 0.6 is 0 Å². The molecule has 0 aliphatic rings. The first-order valence-corrected chi connectivity index (χ1v) is 4.40. The first kappa shape index (κ1) is 9.31. The van der Waals surface area contributed by atoms with Crippen LogP contribution in [0.15, 0.2) is 24.5 Å². The Bertz CT molecular complexity index is 252. The summed E-state index contributed by atoms with van der Waals surface area (Å²) in [5.74, 6) is 0. The van der Waals surface area contributed by atoms with Crippen molar-refractivity contribution in [1.29, 1.82) is 0 Å². The second-order valence-electron chi connectivity index (χ2n) is 2.13. The second kappa shape index (κ2) is 4.97. The number of rotatable bonds is 4. The van der Waals surface area contributed by atoms with Crippen molar-refractivity contribution < 1.29 is 12.9 Å². The number of pyridine rings is 1. The lowest BCUT2D eigenvalue weighted by atomic mass is 10.2. The van der Waals surface area contributed by atoms with Crippen molar-refractivity contribution in [3.63, 3.8) is 0 Å². The summed E-state index contributed by atoms with van der Waals surface area (Å²) in [5.41, 5.74) is 1.01. The Balaban J connectivity index is 2.29. The molecule has 12 heavy (non-hydrogen) atoms. The highest BCUT2D eigenvalue weighted by atomic mass is 32.2. The molecular formula is C7H8NO3S-. The van der Waals surface area contributed by atoms with Gasteiger partial charge < -0.3 is 8.74 Å². The van der Waals surface area contributed by atoms with Gasteiger partial charge in [0.15, 0.2) is 0 Å². The first-order chi connectivity index (χ1) is 5.79. The standard InChI is InChI=1S/C7H9NO3S/c9-12(10)11-6-3-7-1-4-8-5-2-7/h1-2,4-5H,3,6H2,(H,9,10)/p-1. The quantitative estimate of drug-likeness (QED) is 0.640. The van der Waals surface area contributed by atoms with Gasteiger partial charge in [-0.2, -0.15) is 0 Å². The molecule has 0 radical (unpaired) electrons. The Morgan fingerprint density at radius 3 is 2.75 bits per heavy atom. The van der Waals surface area contributed by atoms with E-state index in [0.29, 0.717) is 6.42 Å². The van der Waals surface area contributed by atoms with Gasteiger partial charge >= 0.3 is 0 Å². The normalized spacial score (nSPS) is 12.8. The average molecular weight is 186 g/mol. The molecule has 1 atom stereocenters. The van der Waals surface area contributed by atoms with E-state index >= 15 is 0 Å². The predicted molar refractivity (Wildman–Crippen MR) is 42.8 cm³/mol. The SMILES string of the molecule is O=S([O-])OCCc1ccncc1. The summed E-state index contributed by atoms with van der Waals surface area (Å²) in [6.45, 7) is 0.181. The van der Waals surface area contributed by atoms with Gasteiger partial charge in [0.2, 0.25) is 0 Å². The molecule has 0 saturated carbocycles. The number of hydrogen-bond acceptors (Lipinski definition) is 4. The highest BCUT2D eigenvalue weighted by molar-refractivity contribution is 7.74. The van der Waals surface area contributed by atoms with Crippen molar-refractivity contribution in [3.05, 3.63) is 30.1 Å². The Kier molecular flexibility index (Phi) is 3.86. The molecule has 1 aromatic rings. The number of nitrogens with zero attached hydrogens (tertiary/aromatic N) is 1. The maximum Gasteiger partial charge on any atom is 0.0842 e. The molecule has 1 aromatic heterocycles. The zero-order chi connectivity index (χ0) is 8.81. The molecular weight excluding hydrogens is 178 g/mol. The summed E-state index contributed by atoms with van der Waals surface area (Å²) in [7, 11) is 0. The fourth-order valence-electron chi connectivity index (χ4n) is 0.777. The van der Waals surface area contributed by atoms with Crippen molar-refractivity contribution in [3.8, 4) is 0 Å². The largest absolute Gasteiger partial charge is 0.750 e. The summed E-state index contributed by atoms with van der Waals surface area (Å²) >= 11 is -2.40. The molecule has 0 aromatic carbocycles. The van der Waals surface area contributed by atoms with Crippen molar-refractivity contribution in [1.82, 2.24) is 4.98 Å². The van der Waals surface area contributed by atoms with Crippen LogP contribution in [0.4, 0.5) is 0 Å². The van der Waals surface area contributed by atoms with Crippen LogP contribution in [0.2, 0.25) is 0 Å². The van der Waals surface area contributed by atoms with Crippen molar-refractivity contribution >= 4 is 11.4 Å². The maximum atomic E-state index is 9.95. The third-order valence-corrected chi connectivity index (χ3v) is 1.68. The highest BCUT2D eigenvalue weighted by Gasteiger charge is 1.91. The zero-order valence-electron chi connectivity index (χ0n) is 6.30. The summed E-state index contributed by atoms with van der Waals surface area (Å²) < 4.78 is 24.3. The van der Waals surface area contributed by atoms with Crippen LogP contribution in [0.25, 0.3) is 0 Å². The molecule has 0 bridgehead atoms. The lowest BCUT2D eigenvalue weighted by Gasteiger charge is -2.04. The summed E-state index contributed by atoms with van der Waals surface area (Å²) in [6, 6.07) is 3.63. The van der Waals surface area contributed by atoms with Gasteiger partial charge in [-0.3, -0.25) is 4.98 Å². The van der Waals surface area contributed by atoms with Gasteiger partial charge in [-0.25, -0.2) is 4.21 Å². The van der Waals surface area contributed by atoms with E-state index in [4.69, 9.17) is 0 Å². The van der Waals surface area contributed by atoms with Crippen LogP contribution in [0.1, 0.15) is 5.56 Å². The Hall–Kier alpha value is -0.780. The maximum absolute atomic E-state index is 9.95. The topological polar surface area (TPSA) is 62.2 Å². The molecule has 0 saturated heterocycles. The second-order valence-corrected chi connectivity index (χ2v) is 2.78. The minimum Gasteiger partial charge on any atom is -0.750 e. The summed E-state index contributed by atoms with van der Waals surface area (Å²) in [6.07, 6.45) is 3.89. The fourth-order valence-corrected chi connectivity index (χ4v) is 0.996. The van der Waals surface area contributed by atoms with Crippen molar-refractivity contribution in [2.45, 2.75) is 6.42 Å². The molecule has 1 heterocycles. The van der Waals surface area contributed by atoms with Gasteiger partial charge in [-0.1, -0.05) is 0 Å². The van der Waals surface area contributed by atoms with E-state index in [1.807, 2.05) is 12.1 Å². The van der Waals surface area contributed by atoms with E-state index in [1.54, 1.807) is 12.4 Å². The summed E-state index contributed by atoms with van der Waals surface area (Å²) in [4.78, 5) is 3.83. The van der Waals surface area contributed by atoms with E-state index in [2.05, 4.69) is 9.17 Å². The van der Waals surface area contributed by atoms with Crippen LogP contribution in [0, 0.1) is 0 Å². The van der Waals surface area contributed by atoms with Gasteiger partial charge in [0.1, 0.15) is 0 Å².